The van der Waals surface area contributed by atoms with Crippen LogP contribution < -0.4 is 15.7 Å². The molecule has 3 aromatic rings. The highest BCUT2D eigenvalue weighted by Gasteiger charge is 2.55. The molecule has 5 heterocycles. The minimum atomic E-state index is -1.20. The Bertz CT molecular complexity index is 1370. The molecule has 2 atom stereocenters. The Labute approximate surface area is 199 Å². The summed E-state index contributed by atoms with van der Waals surface area (Å²) in [6.07, 6.45) is 5.41. The number of fused-ring (bicyclic) bond motifs is 2. The molecule has 5 rings (SSSR count). The zero-order valence-corrected chi connectivity index (χ0v) is 19.2. The summed E-state index contributed by atoms with van der Waals surface area (Å²) in [6, 6.07) is 0.924. The summed E-state index contributed by atoms with van der Waals surface area (Å²) in [5.74, 6) is -2.13. The van der Waals surface area contributed by atoms with Crippen molar-refractivity contribution in [1.29, 1.82) is 0 Å². The zero-order chi connectivity index (χ0) is 24.0. The first-order valence-electron chi connectivity index (χ1n) is 9.84. The molecule has 16 heteroatoms. The van der Waals surface area contributed by atoms with Crippen molar-refractivity contribution in [1.82, 2.24) is 29.1 Å². The molecule has 14 nitrogen and oxygen atoms in total. The summed E-state index contributed by atoms with van der Waals surface area (Å²) in [4.78, 5) is 50.8. The van der Waals surface area contributed by atoms with Crippen molar-refractivity contribution >= 4 is 57.6 Å². The highest BCUT2D eigenvalue weighted by Crippen LogP contribution is 2.40. The number of nitrogen functional groups attached to an aromatic ring is 1. The van der Waals surface area contributed by atoms with Crippen molar-refractivity contribution in [2.45, 2.75) is 18.0 Å². The fraction of sp³-hybridized carbons (Fsp3) is 0.278. The number of imidazole rings is 1. The number of amides is 2. The van der Waals surface area contributed by atoms with Gasteiger partial charge >= 0.3 is 5.97 Å². The molecule has 0 bridgehead atoms. The minimum absolute atomic E-state index is 0.0320. The molecule has 5 N–H and O–H groups in total. The third kappa shape index (κ3) is 3.56. The maximum absolute atomic E-state index is 12.9. The first-order valence-corrected chi connectivity index (χ1v) is 11.7. The molecule has 1 saturated heterocycles. The van der Waals surface area contributed by atoms with E-state index in [1.165, 1.54) is 23.8 Å². The number of aromatic amines is 1. The lowest BCUT2D eigenvalue weighted by Gasteiger charge is -2.49. The first-order chi connectivity index (χ1) is 16.4. The van der Waals surface area contributed by atoms with Crippen LogP contribution in [0.3, 0.4) is 0 Å². The average Bonchev–Trinajstić information content (AvgIpc) is 3.54. The molecular weight excluding hydrogens is 486 g/mol. The lowest BCUT2D eigenvalue weighted by atomic mass is 10.0. The Morgan fingerprint density at radius 3 is 3.03 bits per heavy atom. The van der Waals surface area contributed by atoms with E-state index < -0.39 is 29.2 Å². The third-order valence-corrected chi connectivity index (χ3v) is 7.20. The van der Waals surface area contributed by atoms with Crippen LogP contribution in [-0.2, 0) is 25.8 Å². The van der Waals surface area contributed by atoms with Crippen LogP contribution in [0.4, 0.5) is 5.13 Å². The number of aromatic nitrogens is 5. The van der Waals surface area contributed by atoms with E-state index in [0.29, 0.717) is 11.3 Å². The van der Waals surface area contributed by atoms with Gasteiger partial charge in [0.15, 0.2) is 23.5 Å². The number of anilines is 1. The molecule has 3 aromatic heterocycles. The lowest BCUT2D eigenvalue weighted by molar-refractivity contribution is -0.753. The van der Waals surface area contributed by atoms with Gasteiger partial charge in [0, 0.05) is 29.1 Å². The highest BCUT2D eigenvalue weighted by molar-refractivity contribution is 8.00. The number of carboxylic acids is 1. The maximum Gasteiger partial charge on any atom is 0.352 e. The van der Waals surface area contributed by atoms with Gasteiger partial charge in [-0.15, -0.1) is 21.0 Å². The van der Waals surface area contributed by atoms with Crippen LogP contribution >= 0.6 is 23.3 Å². The summed E-state index contributed by atoms with van der Waals surface area (Å²) >= 11 is 2.25. The van der Waals surface area contributed by atoms with Gasteiger partial charge < -0.3 is 26.0 Å². The van der Waals surface area contributed by atoms with E-state index in [9.17, 15) is 19.5 Å². The van der Waals surface area contributed by atoms with Crippen molar-refractivity contribution in [3.63, 3.8) is 0 Å². The fourth-order valence-corrected chi connectivity index (χ4v) is 5.63. The van der Waals surface area contributed by atoms with Crippen molar-refractivity contribution in [3.8, 4) is 0 Å². The SMILES string of the molecule is CO/N=C(/C(=O)NC1C(=O)N2C(C(=O)O)=C(C[n+]3ccc4[nH]ccn43)CSC12)c1nsc(N)n1. The summed E-state index contributed by atoms with van der Waals surface area (Å²) in [7, 11) is 1.26. The Kier molecular flexibility index (Phi) is 5.45. The van der Waals surface area contributed by atoms with Crippen LogP contribution in [0, 0.1) is 0 Å². The molecule has 2 aliphatic heterocycles. The highest BCUT2D eigenvalue weighted by atomic mass is 32.2. The van der Waals surface area contributed by atoms with Crippen molar-refractivity contribution in [3.05, 3.63) is 41.8 Å². The molecule has 0 radical (unpaired) electrons. The molecule has 1 fully saturated rings. The maximum atomic E-state index is 12.9. The van der Waals surface area contributed by atoms with Crippen LogP contribution in [0.5, 0.6) is 0 Å². The number of carbonyl (C=O) groups excluding carboxylic acids is 2. The van der Waals surface area contributed by atoms with Gasteiger partial charge in [-0.1, -0.05) is 5.16 Å². The molecule has 2 amide bonds. The van der Waals surface area contributed by atoms with Gasteiger partial charge in [-0.2, -0.15) is 9.36 Å². The summed E-state index contributed by atoms with van der Waals surface area (Å²) in [6.45, 7) is 0.287. The van der Waals surface area contributed by atoms with Crippen LogP contribution in [-0.4, -0.2) is 76.6 Å². The van der Waals surface area contributed by atoms with Gasteiger partial charge in [-0.05, 0) is 0 Å². The van der Waals surface area contributed by atoms with Crippen LogP contribution in [0.1, 0.15) is 5.82 Å². The second-order valence-corrected chi connectivity index (χ2v) is 9.19. The number of nitrogens with one attached hydrogen (secondary N) is 2. The van der Waals surface area contributed by atoms with E-state index in [1.54, 1.807) is 6.20 Å². The van der Waals surface area contributed by atoms with Gasteiger partial charge in [-0.25, -0.2) is 4.79 Å². The number of H-pyrrole nitrogens is 1. The van der Waals surface area contributed by atoms with E-state index in [0.717, 1.165) is 17.2 Å². The molecule has 2 unspecified atom stereocenters. The largest absolute Gasteiger partial charge is 0.477 e. The van der Waals surface area contributed by atoms with Gasteiger partial charge in [-0.3, -0.25) is 14.5 Å². The number of aliphatic carboxylic acids is 1. The lowest BCUT2D eigenvalue weighted by Crippen LogP contribution is -2.71. The standard InChI is InChI=1S/C18H17N9O5S2/c1-32-23-10(13-22-18(19)34-24-13)14(28)21-11-15(29)27-12(17(30)31)8(7-33-16(11)27)6-25-4-2-9-20-3-5-26(9)25/h2-5,11,16H,6-7H2,1H3,(H4,19,21,22,24,28,30,31)/p+1/b23-10+. The topological polar surface area (TPSA) is 184 Å². The van der Waals surface area contributed by atoms with Crippen molar-refractivity contribution < 1.29 is 29.0 Å². The number of hydrogen-bond donors (Lipinski definition) is 4. The van der Waals surface area contributed by atoms with Crippen LogP contribution in [0.25, 0.3) is 5.65 Å². The van der Waals surface area contributed by atoms with E-state index in [1.807, 2.05) is 27.7 Å². The Hall–Kier alpha value is -3.92. The molecule has 2 aliphatic rings. The van der Waals surface area contributed by atoms with Gasteiger partial charge in [0.05, 0.1) is 12.3 Å². The van der Waals surface area contributed by atoms with Crippen LogP contribution in [0.15, 0.2) is 41.1 Å². The molecule has 176 valence electrons. The second-order valence-electron chi connectivity index (χ2n) is 7.30. The average molecular weight is 505 g/mol. The van der Waals surface area contributed by atoms with E-state index >= 15 is 0 Å². The summed E-state index contributed by atoms with van der Waals surface area (Å²) in [5, 5.41) is 15.7. The smallest absolute Gasteiger partial charge is 0.352 e. The molecular formula is C18H18N9O5S2+. The van der Waals surface area contributed by atoms with Crippen molar-refractivity contribution in [2.24, 2.45) is 5.16 Å². The molecule has 0 spiro atoms. The monoisotopic (exact) mass is 504 g/mol. The second kappa shape index (κ2) is 8.45. The fourth-order valence-electron chi connectivity index (χ4n) is 3.86. The predicted molar refractivity (Wildman–Crippen MR) is 119 cm³/mol. The molecule has 0 saturated carbocycles. The van der Waals surface area contributed by atoms with Gasteiger partial charge in [0.1, 0.15) is 24.2 Å². The van der Waals surface area contributed by atoms with Crippen molar-refractivity contribution in [2.75, 3.05) is 18.6 Å². The van der Waals surface area contributed by atoms with E-state index in [4.69, 9.17) is 10.6 Å². The quantitative estimate of drug-likeness (QED) is 0.132. The molecule has 34 heavy (non-hydrogen) atoms. The van der Waals surface area contributed by atoms with E-state index in [-0.39, 0.29) is 28.9 Å². The number of oxime groups is 1. The number of β-lactam (4-membered cyclic amide) rings is 1. The molecule has 0 aliphatic carbocycles. The number of carbonyl (C=O) groups is 3. The third-order valence-electron chi connectivity index (χ3n) is 5.32. The number of hydrogen-bond acceptors (Lipinski definition) is 10. The normalized spacial score (nSPS) is 20.3. The Balaban J connectivity index is 1.36. The number of thioether (sulfide) groups is 1. The Morgan fingerprint density at radius 1 is 1.50 bits per heavy atom. The first kappa shape index (κ1) is 21.9. The minimum Gasteiger partial charge on any atom is -0.477 e. The number of carboxylic acid groups (broad SMARTS) is 1. The number of rotatable bonds is 7. The Morgan fingerprint density at radius 2 is 2.32 bits per heavy atom. The van der Waals surface area contributed by atoms with Gasteiger partial charge in [0.2, 0.25) is 11.5 Å². The number of nitrogens with zero attached hydrogens (tertiary/aromatic N) is 6. The predicted octanol–water partition coefficient (Wildman–Crippen LogP) is -1.22. The van der Waals surface area contributed by atoms with Crippen LogP contribution in [0.2, 0.25) is 0 Å². The molecule has 0 aromatic carbocycles. The number of nitrogens with two attached hydrogens (primary N) is 1. The van der Waals surface area contributed by atoms with E-state index in [2.05, 4.69) is 24.8 Å². The van der Waals surface area contributed by atoms with Gasteiger partial charge in [0.25, 0.3) is 11.8 Å². The summed E-state index contributed by atoms with van der Waals surface area (Å²) in [5.41, 5.74) is 6.71. The summed E-state index contributed by atoms with van der Waals surface area (Å²) < 4.78 is 7.64. The zero-order valence-electron chi connectivity index (χ0n) is 17.5.